The molecule has 2 amide bonds. The van der Waals surface area contributed by atoms with Crippen LogP contribution in [0.4, 0.5) is 5.69 Å². The highest BCUT2D eigenvalue weighted by molar-refractivity contribution is 5.93. The van der Waals surface area contributed by atoms with Crippen molar-refractivity contribution in [1.82, 2.24) is 5.43 Å². The molecule has 0 fully saturated rings. The maximum absolute atomic E-state index is 11.8. The summed E-state index contributed by atoms with van der Waals surface area (Å²) in [5, 5.41) is 6.46. The Morgan fingerprint density at radius 2 is 1.92 bits per heavy atom. The van der Waals surface area contributed by atoms with Crippen LogP contribution in [0.25, 0.3) is 0 Å². The first-order valence-electron chi connectivity index (χ1n) is 7.55. The number of nitrogens with one attached hydrogen (secondary N) is 2. The number of anilines is 1. The highest BCUT2D eigenvalue weighted by atomic mass is 16.5. The predicted octanol–water partition coefficient (Wildman–Crippen LogP) is 2.55. The second-order valence-electron chi connectivity index (χ2n) is 4.81. The van der Waals surface area contributed by atoms with E-state index >= 15 is 0 Å². The minimum Gasteiger partial charge on any atom is -0.494 e. The second-order valence-corrected chi connectivity index (χ2v) is 4.81. The monoisotopic (exact) mass is 329 g/mol. The Labute approximate surface area is 139 Å². The first-order chi connectivity index (χ1) is 11.7. The topological polar surface area (TPSA) is 92.9 Å². The molecule has 1 aromatic heterocycles. The molecule has 2 rings (SSSR count). The van der Waals surface area contributed by atoms with Crippen LogP contribution in [0, 0.1) is 0 Å². The molecule has 0 aliphatic carbocycles. The van der Waals surface area contributed by atoms with Gasteiger partial charge < -0.3 is 14.5 Å². The summed E-state index contributed by atoms with van der Waals surface area (Å²) in [6.45, 7) is 2.49. The predicted molar refractivity (Wildman–Crippen MR) is 89.9 cm³/mol. The zero-order valence-corrected chi connectivity index (χ0v) is 13.3. The fourth-order valence-corrected chi connectivity index (χ4v) is 1.84. The summed E-state index contributed by atoms with van der Waals surface area (Å²) < 4.78 is 10.4. The summed E-state index contributed by atoms with van der Waals surface area (Å²) in [5.41, 5.74) is 2.99. The molecule has 7 nitrogen and oxygen atoms in total. The van der Waals surface area contributed by atoms with Crippen LogP contribution >= 0.6 is 0 Å². The van der Waals surface area contributed by atoms with Crippen molar-refractivity contribution in [1.29, 1.82) is 0 Å². The number of amides is 2. The summed E-state index contributed by atoms with van der Waals surface area (Å²) in [7, 11) is 0. The maximum atomic E-state index is 11.8. The van der Waals surface area contributed by atoms with Gasteiger partial charge in [0.1, 0.15) is 11.5 Å². The van der Waals surface area contributed by atoms with E-state index in [2.05, 4.69) is 15.8 Å². The quantitative estimate of drug-likeness (QED) is 0.575. The molecule has 0 unspecified atom stereocenters. The molecule has 0 radical (unpaired) electrons. The average Bonchev–Trinajstić information content (AvgIpc) is 3.08. The van der Waals surface area contributed by atoms with Crippen LogP contribution < -0.4 is 15.5 Å². The highest BCUT2D eigenvalue weighted by Crippen LogP contribution is 2.15. The van der Waals surface area contributed by atoms with Crippen LogP contribution in [0.2, 0.25) is 0 Å². The van der Waals surface area contributed by atoms with Crippen molar-refractivity contribution in [2.75, 3.05) is 11.9 Å². The van der Waals surface area contributed by atoms with Crippen LogP contribution in [-0.4, -0.2) is 24.6 Å². The van der Waals surface area contributed by atoms with Gasteiger partial charge in [-0.1, -0.05) is 0 Å². The van der Waals surface area contributed by atoms with Gasteiger partial charge in [-0.2, -0.15) is 5.10 Å². The van der Waals surface area contributed by atoms with E-state index in [9.17, 15) is 9.59 Å². The van der Waals surface area contributed by atoms with E-state index in [4.69, 9.17) is 9.15 Å². The fourth-order valence-electron chi connectivity index (χ4n) is 1.84. The molecule has 1 heterocycles. The lowest BCUT2D eigenvalue weighted by Crippen LogP contribution is -2.20. The van der Waals surface area contributed by atoms with Crippen molar-refractivity contribution in [3.63, 3.8) is 0 Å². The summed E-state index contributed by atoms with van der Waals surface area (Å²) in [4.78, 5) is 23.4. The van der Waals surface area contributed by atoms with Gasteiger partial charge in [-0.25, -0.2) is 5.43 Å². The maximum Gasteiger partial charge on any atom is 0.240 e. The molecule has 0 bridgehead atoms. The fraction of sp³-hybridized carbons (Fsp3) is 0.235. The summed E-state index contributed by atoms with van der Waals surface area (Å²) in [6.07, 6.45) is 3.00. The summed E-state index contributed by atoms with van der Waals surface area (Å²) in [5.74, 6) is 0.678. The molecule has 2 aromatic rings. The van der Waals surface area contributed by atoms with Gasteiger partial charge in [0.05, 0.1) is 19.1 Å². The summed E-state index contributed by atoms with van der Waals surface area (Å²) >= 11 is 0. The molecule has 2 N–H and O–H groups in total. The number of ether oxygens (including phenoxy) is 1. The Morgan fingerprint density at radius 1 is 1.17 bits per heavy atom. The lowest BCUT2D eigenvalue weighted by Gasteiger charge is -2.06. The Balaban J connectivity index is 1.69. The second kappa shape index (κ2) is 9.14. The van der Waals surface area contributed by atoms with Crippen LogP contribution in [0.3, 0.4) is 0 Å². The van der Waals surface area contributed by atoms with Crippen LogP contribution in [0.15, 0.2) is 52.2 Å². The van der Waals surface area contributed by atoms with Crippen LogP contribution in [0.5, 0.6) is 5.75 Å². The third-order valence-corrected chi connectivity index (χ3v) is 2.95. The van der Waals surface area contributed by atoms with E-state index in [1.165, 1.54) is 12.5 Å². The van der Waals surface area contributed by atoms with Crippen LogP contribution in [-0.2, 0) is 9.59 Å². The molecule has 0 atom stereocenters. The van der Waals surface area contributed by atoms with Crippen molar-refractivity contribution in [2.24, 2.45) is 5.10 Å². The van der Waals surface area contributed by atoms with Gasteiger partial charge >= 0.3 is 0 Å². The minimum absolute atomic E-state index is 0.0400. The number of nitrogens with zero attached hydrogens (tertiary/aromatic N) is 1. The van der Waals surface area contributed by atoms with E-state index in [0.29, 0.717) is 18.1 Å². The lowest BCUT2D eigenvalue weighted by atomic mass is 10.2. The Kier molecular flexibility index (Phi) is 6.58. The van der Waals surface area contributed by atoms with E-state index in [1.54, 1.807) is 36.4 Å². The molecule has 0 aliphatic heterocycles. The van der Waals surface area contributed by atoms with Crippen molar-refractivity contribution in [3.8, 4) is 5.75 Å². The minimum atomic E-state index is -0.348. The molecule has 0 aliphatic rings. The first kappa shape index (κ1) is 17.3. The number of hydrogen-bond acceptors (Lipinski definition) is 5. The van der Waals surface area contributed by atoms with Crippen LogP contribution in [0.1, 0.15) is 25.5 Å². The Bertz CT molecular complexity index is 678. The molecule has 0 saturated heterocycles. The molecular formula is C17H19N3O4. The lowest BCUT2D eigenvalue weighted by molar-refractivity contribution is -0.124. The van der Waals surface area contributed by atoms with Gasteiger partial charge in [0.2, 0.25) is 11.8 Å². The molecule has 24 heavy (non-hydrogen) atoms. The van der Waals surface area contributed by atoms with Crippen molar-refractivity contribution in [2.45, 2.75) is 19.8 Å². The molecule has 1 aromatic carbocycles. The van der Waals surface area contributed by atoms with Crippen molar-refractivity contribution >= 4 is 23.7 Å². The highest BCUT2D eigenvalue weighted by Gasteiger charge is 2.07. The summed E-state index contributed by atoms with van der Waals surface area (Å²) in [6, 6.07) is 10.5. The number of carbonyl (C=O) groups is 2. The van der Waals surface area contributed by atoms with Gasteiger partial charge in [0.15, 0.2) is 0 Å². The SMILES string of the molecule is CCOc1ccc(NC(=O)CCC(=O)N/N=C\c2ccco2)cc1. The number of hydrazone groups is 1. The normalized spacial score (nSPS) is 10.5. The first-order valence-corrected chi connectivity index (χ1v) is 7.55. The number of carbonyl (C=O) groups excluding carboxylic acids is 2. The van der Waals surface area contributed by atoms with E-state index in [-0.39, 0.29) is 24.7 Å². The number of rotatable bonds is 8. The number of hydrogen-bond donors (Lipinski definition) is 2. The largest absolute Gasteiger partial charge is 0.494 e. The molecular weight excluding hydrogens is 310 g/mol. The van der Waals surface area contributed by atoms with Gasteiger partial charge in [0.25, 0.3) is 0 Å². The zero-order valence-electron chi connectivity index (χ0n) is 13.3. The molecule has 0 saturated carbocycles. The number of benzene rings is 1. The van der Waals surface area contributed by atoms with E-state index in [1.807, 2.05) is 6.92 Å². The van der Waals surface area contributed by atoms with E-state index < -0.39 is 0 Å². The smallest absolute Gasteiger partial charge is 0.240 e. The Hall–Kier alpha value is -3.09. The van der Waals surface area contributed by atoms with Gasteiger partial charge in [0, 0.05) is 18.5 Å². The molecule has 126 valence electrons. The average molecular weight is 329 g/mol. The zero-order chi connectivity index (χ0) is 17.2. The van der Waals surface area contributed by atoms with Gasteiger partial charge in [-0.3, -0.25) is 9.59 Å². The van der Waals surface area contributed by atoms with Gasteiger partial charge in [-0.15, -0.1) is 0 Å². The third-order valence-electron chi connectivity index (χ3n) is 2.95. The molecule has 7 heteroatoms. The van der Waals surface area contributed by atoms with Crippen molar-refractivity contribution in [3.05, 3.63) is 48.4 Å². The van der Waals surface area contributed by atoms with E-state index in [0.717, 1.165) is 5.75 Å². The van der Waals surface area contributed by atoms with Gasteiger partial charge in [-0.05, 0) is 43.3 Å². The van der Waals surface area contributed by atoms with Crippen molar-refractivity contribution < 1.29 is 18.7 Å². The number of furan rings is 1. The Morgan fingerprint density at radius 3 is 2.58 bits per heavy atom. The standard InChI is InChI=1S/C17H19N3O4/c1-2-23-14-7-5-13(6-8-14)19-16(21)9-10-17(22)20-18-12-15-4-3-11-24-15/h3-8,11-12H,2,9-10H2,1H3,(H,19,21)(H,20,22)/b18-12-. The molecule has 0 spiro atoms. The third kappa shape index (κ3) is 5.96.